The van der Waals surface area contributed by atoms with Gasteiger partial charge in [-0.3, -0.25) is 4.79 Å². The molecule has 0 bridgehead atoms. The van der Waals surface area contributed by atoms with Crippen LogP contribution in [0.4, 0.5) is 0 Å². The zero-order valence-corrected chi connectivity index (χ0v) is 16.6. The Morgan fingerprint density at radius 1 is 1.19 bits per heavy atom. The zero-order chi connectivity index (χ0) is 18.7. The summed E-state index contributed by atoms with van der Waals surface area (Å²) in [6.07, 6.45) is 0. The van der Waals surface area contributed by atoms with Crippen LogP contribution in [0.2, 0.25) is 0 Å². The fourth-order valence-corrected chi connectivity index (χ4v) is 3.16. The van der Waals surface area contributed by atoms with E-state index in [0.29, 0.717) is 30.3 Å². The summed E-state index contributed by atoms with van der Waals surface area (Å²) in [6, 6.07) is 11.5. The maximum atomic E-state index is 12.5. The lowest BCUT2D eigenvalue weighted by atomic mass is 10.1. The molecule has 3 aromatic rings. The minimum absolute atomic E-state index is 0.149. The number of carbonyl (C=O) groups is 1. The van der Waals surface area contributed by atoms with E-state index in [1.165, 1.54) is 0 Å². The maximum absolute atomic E-state index is 12.5. The second kappa shape index (κ2) is 7.83. The van der Waals surface area contributed by atoms with E-state index < -0.39 is 0 Å². The number of ether oxygens (including phenoxy) is 2. The molecule has 0 aliphatic rings. The largest absolute Gasteiger partial charge is 0.493 e. The highest BCUT2D eigenvalue weighted by Crippen LogP contribution is 2.28. The molecular formula is C20H21BrN2O3. The summed E-state index contributed by atoms with van der Waals surface area (Å²) in [5, 5.41) is 3.97. The number of aryl methyl sites for hydroxylation is 1. The van der Waals surface area contributed by atoms with Gasteiger partial charge in [-0.25, -0.2) is 0 Å². The molecule has 2 N–H and O–H groups in total. The van der Waals surface area contributed by atoms with E-state index in [-0.39, 0.29) is 5.91 Å². The predicted molar refractivity (Wildman–Crippen MR) is 106 cm³/mol. The summed E-state index contributed by atoms with van der Waals surface area (Å²) >= 11 is 3.52. The number of carbonyl (C=O) groups excluding carboxylic acids is 1. The Balaban J connectivity index is 1.74. The van der Waals surface area contributed by atoms with Crippen molar-refractivity contribution >= 4 is 32.7 Å². The highest BCUT2D eigenvalue weighted by Gasteiger charge is 2.12. The number of nitrogens with one attached hydrogen (secondary N) is 2. The third kappa shape index (κ3) is 3.70. The third-order valence-corrected chi connectivity index (χ3v) is 5.09. The number of hydrogen-bond acceptors (Lipinski definition) is 3. The number of halogens is 1. The van der Waals surface area contributed by atoms with Crippen molar-refractivity contribution in [3.8, 4) is 11.5 Å². The van der Waals surface area contributed by atoms with E-state index in [9.17, 15) is 4.79 Å². The number of fused-ring (bicyclic) bond motifs is 1. The van der Waals surface area contributed by atoms with Crippen molar-refractivity contribution in [2.75, 3.05) is 13.7 Å². The molecule has 0 radical (unpaired) electrons. The van der Waals surface area contributed by atoms with Gasteiger partial charge in [0.05, 0.1) is 13.7 Å². The van der Waals surface area contributed by atoms with E-state index in [1.807, 2.05) is 50.2 Å². The summed E-state index contributed by atoms with van der Waals surface area (Å²) in [7, 11) is 1.60. The lowest BCUT2D eigenvalue weighted by Gasteiger charge is -2.11. The second-order valence-electron chi connectivity index (χ2n) is 5.92. The maximum Gasteiger partial charge on any atom is 0.267 e. The van der Waals surface area contributed by atoms with Crippen LogP contribution in [0.25, 0.3) is 10.9 Å². The molecule has 1 heterocycles. The molecule has 0 atom stereocenters. The first-order chi connectivity index (χ1) is 12.5. The molecule has 2 aromatic carbocycles. The Bertz CT molecular complexity index is 950. The number of methoxy groups -OCH3 is 1. The molecule has 0 fully saturated rings. The lowest BCUT2D eigenvalue weighted by Crippen LogP contribution is -2.23. The van der Waals surface area contributed by atoms with Gasteiger partial charge in [-0.2, -0.15) is 0 Å². The first kappa shape index (κ1) is 18.3. The second-order valence-corrected chi connectivity index (χ2v) is 6.77. The van der Waals surface area contributed by atoms with Gasteiger partial charge in [0.15, 0.2) is 11.5 Å². The zero-order valence-electron chi connectivity index (χ0n) is 15.0. The minimum Gasteiger partial charge on any atom is -0.493 e. The molecule has 3 rings (SSSR count). The molecule has 1 aromatic heterocycles. The molecule has 136 valence electrons. The molecule has 0 unspecified atom stereocenters. The highest BCUT2D eigenvalue weighted by molar-refractivity contribution is 9.10. The van der Waals surface area contributed by atoms with Gasteiger partial charge in [-0.1, -0.05) is 22.0 Å². The van der Waals surface area contributed by atoms with Crippen LogP contribution in [0.5, 0.6) is 11.5 Å². The molecular weight excluding hydrogens is 396 g/mol. The number of H-pyrrole nitrogens is 1. The molecule has 6 heteroatoms. The van der Waals surface area contributed by atoms with Gasteiger partial charge in [0.2, 0.25) is 0 Å². The number of hydrogen-bond donors (Lipinski definition) is 2. The van der Waals surface area contributed by atoms with Crippen LogP contribution in [-0.2, 0) is 6.54 Å². The van der Waals surface area contributed by atoms with Crippen LogP contribution in [0.15, 0.2) is 40.9 Å². The van der Waals surface area contributed by atoms with Crippen LogP contribution >= 0.6 is 15.9 Å². The minimum atomic E-state index is -0.149. The molecule has 0 spiro atoms. The molecule has 0 saturated carbocycles. The van der Waals surface area contributed by atoms with Gasteiger partial charge < -0.3 is 19.8 Å². The first-order valence-electron chi connectivity index (χ1n) is 8.39. The summed E-state index contributed by atoms with van der Waals surface area (Å²) < 4.78 is 11.9. The van der Waals surface area contributed by atoms with Crippen LogP contribution in [0, 0.1) is 6.92 Å². The average Bonchev–Trinajstić information content (AvgIpc) is 3.09. The molecule has 26 heavy (non-hydrogen) atoms. The van der Waals surface area contributed by atoms with Crippen molar-refractivity contribution in [1.29, 1.82) is 0 Å². The monoisotopic (exact) mass is 416 g/mol. The Morgan fingerprint density at radius 2 is 2.00 bits per heavy atom. The topological polar surface area (TPSA) is 63.3 Å². The SMILES string of the molecule is CCOc1ccc(CNC(=O)c2cc3c(C)c(Br)ccc3[nH]2)cc1OC. The first-order valence-corrected chi connectivity index (χ1v) is 9.18. The number of aromatic amines is 1. The van der Waals surface area contributed by atoms with E-state index in [1.54, 1.807) is 7.11 Å². The fourth-order valence-electron chi connectivity index (χ4n) is 2.82. The molecule has 1 amide bonds. The summed E-state index contributed by atoms with van der Waals surface area (Å²) in [6.45, 7) is 4.92. The van der Waals surface area contributed by atoms with Crippen molar-refractivity contribution in [2.45, 2.75) is 20.4 Å². The van der Waals surface area contributed by atoms with Gasteiger partial charge in [0.25, 0.3) is 5.91 Å². The quantitative estimate of drug-likeness (QED) is 0.618. The summed E-state index contributed by atoms with van der Waals surface area (Å²) in [5.74, 6) is 1.20. The van der Waals surface area contributed by atoms with Gasteiger partial charge >= 0.3 is 0 Å². The highest BCUT2D eigenvalue weighted by atomic mass is 79.9. The molecule has 0 aliphatic carbocycles. The Kier molecular flexibility index (Phi) is 5.52. The standard InChI is InChI=1S/C20H21BrN2O3/c1-4-26-18-8-5-13(9-19(18)25-3)11-22-20(24)17-10-14-12(2)15(21)6-7-16(14)23-17/h5-10,23H,4,11H2,1-3H3,(H,22,24). The number of amides is 1. The van der Waals surface area contributed by atoms with Crippen LogP contribution in [0.1, 0.15) is 28.5 Å². The fraction of sp³-hybridized carbons (Fsp3) is 0.250. The van der Waals surface area contributed by atoms with Crippen LogP contribution in [0.3, 0.4) is 0 Å². The lowest BCUT2D eigenvalue weighted by molar-refractivity contribution is 0.0946. The third-order valence-electron chi connectivity index (χ3n) is 4.23. The van der Waals surface area contributed by atoms with Gasteiger partial charge in [-0.05, 0) is 55.3 Å². The Labute approximate surface area is 160 Å². The summed E-state index contributed by atoms with van der Waals surface area (Å²) in [5.41, 5.74) is 3.53. The van der Waals surface area contributed by atoms with Crippen molar-refractivity contribution in [3.63, 3.8) is 0 Å². The average molecular weight is 417 g/mol. The number of rotatable bonds is 6. The van der Waals surface area contributed by atoms with Crippen LogP contribution < -0.4 is 14.8 Å². The van der Waals surface area contributed by atoms with Crippen LogP contribution in [-0.4, -0.2) is 24.6 Å². The smallest absolute Gasteiger partial charge is 0.267 e. The van der Waals surface area contributed by atoms with Crippen molar-refractivity contribution in [3.05, 3.63) is 57.7 Å². The van der Waals surface area contributed by atoms with Gasteiger partial charge in [0.1, 0.15) is 5.69 Å². The Morgan fingerprint density at radius 3 is 2.73 bits per heavy atom. The van der Waals surface area contributed by atoms with E-state index in [0.717, 1.165) is 26.5 Å². The Hall–Kier alpha value is -2.47. The number of aromatic nitrogens is 1. The molecule has 0 aliphatic heterocycles. The van der Waals surface area contributed by atoms with E-state index >= 15 is 0 Å². The molecule has 0 saturated heterocycles. The summed E-state index contributed by atoms with van der Waals surface area (Å²) in [4.78, 5) is 15.7. The van der Waals surface area contributed by atoms with E-state index in [4.69, 9.17) is 9.47 Å². The number of benzene rings is 2. The van der Waals surface area contributed by atoms with Crippen molar-refractivity contribution in [2.24, 2.45) is 0 Å². The van der Waals surface area contributed by atoms with Crippen molar-refractivity contribution < 1.29 is 14.3 Å². The van der Waals surface area contributed by atoms with Gasteiger partial charge in [0, 0.05) is 21.9 Å². The molecule has 5 nitrogen and oxygen atoms in total. The van der Waals surface area contributed by atoms with Gasteiger partial charge in [-0.15, -0.1) is 0 Å². The normalized spacial score (nSPS) is 10.8. The van der Waals surface area contributed by atoms with E-state index in [2.05, 4.69) is 26.2 Å². The predicted octanol–water partition coefficient (Wildman–Crippen LogP) is 4.58. The van der Waals surface area contributed by atoms with Crippen molar-refractivity contribution in [1.82, 2.24) is 10.3 Å².